The van der Waals surface area contributed by atoms with Crippen molar-refractivity contribution >= 4 is 17.5 Å². The molecule has 0 heterocycles. The molecule has 0 aliphatic heterocycles. The maximum atomic E-state index is 12.8. The molecule has 4 nitrogen and oxygen atoms in total. The topological polar surface area (TPSA) is 38.8 Å². The first-order valence-corrected chi connectivity index (χ1v) is 7.83. The van der Waals surface area contributed by atoms with Crippen LogP contribution in [0.1, 0.15) is 36.0 Å². The zero-order chi connectivity index (χ0) is 15.2. The number of benzene rings is 1. The van der Waals surface area contributed by atoms with Crippen molar-refractivity contribution in [2.45, 2.75) is 31.7 Å². The van der Waals surface area contributed by atoms with Crippen molar-refractivity contribution in [3.05, 3.63) is 23.8 Å². The Morgan fingerprint density at radius 1 is 1.24 bits per heavy atom. The van der Waals surface area contributed by atoms with Gasteiger partial charge in [0, 0.05) is 30.1 Å². The molecule has 1 fully saturated rings. The second-order valence-corrected chi connectivity index (χ2v) is 5.61. The first kappa shape index (κ1) is 16.0. The Morgan fingerprint density at radius 3 is 2.29 bits per heavy atom. The molecule has 1 aromatic carbocycles. The molecular formula is C16H22ClNO3. The van der Waals surface area contributed by atoms with Crippen molar-refractivity contribution in [2.24, 2.45) is 0 Å². The van der Waals surface area contributed by atoms with Gasteiger partial charge in [0.25, 0.3) is 5.91 Å². The molecule has 0 bridgehead atoms. The molecule has 116 valence electrons. The van der Waals surface area contributed by atoms with Gasteiger partial charge in [-0.25, -0.2) is 0 Å². The van der Waals surface area contributed by atoms with E-state index in [1.807, 2.05) is 4.90 Å². The third-order valence-electron chi connectivity index (χ3n) is 3.91. The largest absolute Gasteiger partial charge is 0.497 e. The minimum atomic E-state index is 0.0296. The van der Waals surface area contributed by atoms with Crippen molar-refractivity contribution in [3.8, 4) is 11.5 Å². The molecule has 1 aliphatic carbocycles. The van der Waals surface area contributed by atoms with Crippen LogP contribution in [0.2, 0.25) is 0 Å². The average Bonchev–Trinajstić information content (AvgIpc) is 2.48. The highest BCUT2D eigenvalue weighted by atomic mass is 35.5. The Morgan fingerprint density at radius 2 is 1.86 bits per heavy atom. The first-order valence-electron chi connectivity index (χ1n) is 7.29. The molecule has 1 aliphatic rings. The van der Waals surface area contributed by atoms with E-state index in [9.17, 15) is 4.79 Å². The van der Waals surface area contributed by atoms with Gasteiger partial charge >= 0.3 is 0 Å². The molecule has 0 spiro atoms. The number of methoxy groups -OCH3 is 2. The zero-order valence-electron chi connectivity index (χ0n) is 12.6. The van der Waals surface area contributed by atoms with Gasteiger partial charge < -0.3 is 14.4 Å². The van der Waals surface area contributed by atoms with E-state index < -0.39 is 0 Å². The van der Waals surface area contributed by atoms with Crippen LogP contribution in [0.5, 0.6) is 11.5 Å². The summed E-state index contributed by atoms with van der Waals surface area (Å²) < 4.78 is 10.5. The van der Waals surface area contributed by atoms with Crippen LogP contribution in [-0.2, 0) is 0 Å². The Kier molecular flexibility index (Phi) is 5.74. The van der Waals surface area contributed by atoms with Crippen LogP contribution in [0.15, 0.2) is 18.2 Å². The third kappa shape index (κ3) is 3.82. The minimum absolute atomic E-state index is 0.0296. The van der Waals surface area contributed by atoms with E-state index in [2.05, 4.69) is 0 Å². The number of halogens is 1. The summed E-state index contributed by atoms with van der Waals surface area (Å²) in [4.78, 5) is 14.7. The van der Waals surface area contributed by atoms with Crippen LogP contribution in [0, 0.1) is 0 Å². The first-order chi connectivity index (χ1) is 10.2. The predicted molar refractivity (Wildman–Crippen MR) is 83.6 cm³/mol. The quantitative estimate of drug-likeness (QED) is 0.725. The summed E-state index contributed by atoms with van der Waals surface area (Å²) >= 11 is 5.78. The molecule has 0 unspecified atom stereocenters. The van der Waals surface area contributed by atoms with Crippen molar-refractivity contribution < 1.29 is 14.3 Å². The average molecular weight is 312 g/mol. The number of hydrogen-bond donors (Lipinski definition) is 0. The Hall–Kier alpha value is -1.42. The second kappa shape index (κ2) is 7.55. The Labute approximate surface area is 131 Å². The van der Waals surface area contributed by atoms with Crippen LogP contribution in [0.4, 0.5) is 0 Å². The molecule has 1 aromatic rings. The van der Waals surface area contributed by atoms with Crippen molar-refractivity contribution in [1.82, 2.24) is 4.90 Å². The van der Waals surface area contributed by atoms with E-state index >= 15 is 0 Å². The highest BCUT2D eigenvalue weighted by Gasteiger charge is 2.29. The van der Waals surface area contributed by atoms with E-state index in [1.54, 1.807) is 32.4 Å². The van der Waals surface area contributed by atoms with Crippen molar-refractivity contribution in [2.75, 3.05) is 26.6 Å². The summed E-state index contributed by atoms with van der Waals surface area (Å²) in [7, 11) is 3.17. The number of nitrogens with zero attached hydrogens (tertiary/aromatic N) is 1. The summed E-state index contributed by atoms with van der Waals surface area (Å²) in [6.45, 7) is 0.701. The smallest absolute Gasteiger partial charge is 0.254 e. The number of ether oxygens (including phenoxy) is 2. The number of carbonyl (C=O) groups is 1. The normalized spacial score (nSPS) is 14.4. The number of carbonyl (C=O) groups excluding carboxylic acids is 1. The fourth-order valence-electron chi connectivity index (χ4n) is 2.48. The lowest BCUT2D eigenvalue weighted by Gasteiger charge is -2.37. The fourth-order valence-corrected chi connectivity index (χ4v) is 2.59. The molecule has 0 saturated heterocycles. The molecule has 0 atom stereocenters. The summed E-state index contributed by atoms with van der Waals surface area (Å²) in [5, 5.41) is 0. The molecule has 2 rings (SSSR count). The van der Waals surface area contributed by atoms with Crippen LogP contribution >= 0.6 is 11.6 Å². The summed E-state index contributed by atoms with van der Waals surface area (Å²) in [6.07, 6.45) is 4.16. The standard InChI is InChI=1S/C16H22ClNO3/c1-20-14-9-12(10-15(11-14)21-2)16(19)18(8-4-7-17)13-5-3-6-13/h9-11,13H,3-8H2,1-2H3. The zero-order valence-corrected chi connectivity index (χ0v) is 13.4. The lowest BCUT2D eigenvalue weighted by Crippen LogP contribution is -2.44. The van der Waals surface area contributed by atoms with E-state index in [0.29, 0.717) is 35.5 Å². The summed E-state index contributed by atoms with van der Waals surface area (Å²) in [6, 6.07) is 5.63. The number of hydrogen-bond acceptors (Lipinski definition) is 3. The number of alkyl halides is 1. The van der Waals surface area contributed by atoms with E-state index in [4.69, 9.17) is 21.1 Å². The van der Waals surface area contributed by atoms with Crippen LogP contribution in [0.25, 0.3) is 0 Å². The molecule has 1 saturated carbocycles. The molecule has 5 heteroatoms. The fraction of sp³-hybridized carbons (Fsp3) is 0.562. The Bertz CT molecular complexity index is 466. The van der Waals surface area contributed by atoms with Gasteiger partial charge in [0.1, 0.15) is 11.5 Å². The van der Waals surface area contributed by atoms with E-state index in [-0.39, 0.29) is 5.91 Å². The van der Waals surface area contributed by atoms with Crippen molar-refractivity contribution in [1.29, 1.82) is 0 Å². The molecule has 1 amide bonds. The lowest BCUT2D eigenvalue weighted by atomic mass is 9.90. The molecule has 0 aromatic heterocycles. The van der Waals surface area contributed by atoms with Gasteiger partial charge in [0.2, 0.25) is 0 Å². The highest BCUT2D eigenvalue weighted by Crippen LogP contribution is 2.29. The molecule has 0 radical (unpaired) electrons. The molecule has 0 N–H and O–H groups in total. The minimum Gasteiger partial charge on any atom is -0.497 e. The van der Waals surface area contributed by atoms with Crippen molar-refractivity contribution in [3.63, 3.8) is 0 Å². The van der Waals surface area contributed by atoms with E-state index in [1.165, 1.54) is 6.42 Å². The maximum Gasteiger partial charge on any atom is 0.254 e. The van der Waals surface area contributed by atoms with E-state index in [0.717, 1.165) is 19.3 Å². The van der Waals surface area contributed by atoms with Gasteiger partial charge in [-0.1, -0.05) is 0 Å². The highest BCUT2D eigenvalue weighted by molar-refractivity contribution is 6.17. The van der Waals surface area contributed by atoms with Gasteiger partial charge in [-0.05, 0) is 37.8 Å². The Balaban J connectivity index is 2.22. The maximum absolute atomic E-state index is 12.8. The van der Waals surface area contributed by atoms with Gasteiger partial charge in [-0.2, -0.15) is 0 Å². The third-order valence-corrected chi connectivity index (χ3v) is 4.17. The number of amides is 1. The molecule has 21 heavy (non-hydrogen) atoms. The van der Waals surface area contributed by atoms with Gasteiger partial charge in [0.15, 0.2) is 0 Å². The predicted octanol–water partition coefficient (Wildman–Crippen LogP) is 3.33. The molecular weight excluding hydrogens is 290 g/mol. The SMILES string of the molecule is COc1cc(OC)cc(C(=O)N(CCCCl)C2CCC2)c1. The van der Waals surface area contributed by atoms with Gasteiger partial charge in [-0.15, -0.1) is 11.6 Å². The summed E-state index contributed by atoms with van der Waals surface area (Å²) in [5.74, 6) is 1.85. The van der Waals surface area contributed by atoms with Crippen LogP contribution in [0.3, 0.4) is 0 Å². The van der Waals surface area contributed by atoms with Gasteiger partial charge in [0.05, 0.1) is 14.2 Å². The van der Waals surface area contributed by atoms with Crippen LogP contribution in [-0.4, -0.2) is 43.5 Å². The lowest BCUT2D eigenvalue weighted by molar-refractivity contribution is 0.0580. The summed E-state index contributed by atoms with van der Waals surface area (Å²) in [5.41, 5.74) is 0.604. The monoisotopic (exact) mass is 311 g/mol. The van der Waals surface area contributed by atoms with Crippen LogP contribution < -0.4 is 9.47 Å². The second-order valence-electron chi connectivity index (χ2n) is 5.23. The number of rotatable bonds is 7. The van der Waals surface area contributed by atoms with Gasteiger partial charge in [-0.3, -0.25) is 4.79 Å².